The molecule has 2 aromatic rings. The topological polar surface area (TPSA) is 82.7 Å². The zero-order chi connectivity index (χ0) is 18.8. The van der Waals surface area contributed by atoms with Crippen LogP contribution in [0.15, 0.2) is 30.5 Å². The Morgan fingerprint density at radius 2 is 1.81 bits per heavy atom. The van der Waals surface area contributed by atoms with Gasteiger partial charge in [0, 0.05) is 43.2 Å². The minimum absolute atomic E-state index is 0.337. The van der Waals surface area contributed by atoms with Crippen molar-refractivity contribution in [1.29, 1.82) is 0 Å². The Morgan fingerprint density at radius 3 is 2.46 bits per heavy atom. The molecule has 1 saturated heterocycles. The van der Waals surface area contributed by atoms with Gasteiger partial charge in [0.2, 0.25) is 11.8 Å². The lowest BCUT2D eigenvalue weighted by molar-refractivity contribution is 0.122. The summed E-state index contributed by atoms with van der Waals surface area (Å²) in [4.78, 5) is 10.4. The second kappa shape index (κ2) is 10.7. The Balaban J connectivity index is 0.00000117. The predicted molar refractivity (Wildman–Crippen MR) is 103 cm³/mol. The summed E-state index contributed by atoms with van der Waals surface area (Å²) < 4.78 is 16.5. The lowest BCUT2D eigenvalue weighted by Gasteiger charge is -2.29. The summed E-state index contributed by atoms with van der Waals surface area (Å²) in [5, 5.41) is 0.568. The van der Waals surface area contributed by atoms with Crippen molar-refractivity contribution in [2.75, 3.05) is 50.2 Å². The highest BCUT2D eigenvalue weighted by Gasteiger charge is 2.13. The molecular weight excluding hydrogens is 356 g/mol. The first-order valence-electron chi connectivity index (χ1n) is 8.68. The van der Waals surface area contributed by atoms with Crippen molar-refractivity contribution in [1.82, 2.24) is 9.97 Å². The molecule has 0 spiro atoms. The van der Waals surface area contributed by atoms with Crippen LogP contribution in [-0.2, 0) is 4.74 Å². The molecule has 2 N–H and O–H groups in total. The fourth-order valence-electron chi connectivity index (χ4n) is 2.33. The van der Waals surface area contributed by atoms with Gasteiger partial charge in [0.15, 0.2) is 0 Å². The van der Waals surface area contributed by atoms with E-state index in [1.807, 2.05) is 26.0 Å². The van der Waals surface area contributed by atoms with Crippen LogP contribution in [0.1, 0.15) is 13.8 Å². The average molecular weight is 381 g/mol. The molecule has 0 unspecified atom stereocenters. The Morgan fingerprint density at radius 1 is 1.12 bits per heavy atom. The van der Waals surface area contributed by atoms with E-state index in [2.05, 4.69) is 14.9 Å². The van der Waals surface area contributed by atoms with E-state index in [1.165, 1.54) is 6.20 Å². The van der Waals surface area contributed by atoms with Gasteiger partial charge >= 0.3 is 0 Å². The molecular formula is C18H25ClN4O3. The van der Waals surface area contributed by atoms with E-state index in [0.717, 1.165) is 18.8 Å². The van der Waals surface area contributed by atoms with Crippen molar-refractivity contribution in [3.8, 4) is 11.8 Å². The maximum absolute atomic E-state index is 5.87. The quantitative estimate of drug-likeness (QED) is 0.771. The number of halogens is 1. The van der Waals surface area contributed by atoms with Crippen molar-refractivity contribution in [3.63, 3.8) is 0 Å². The first kappa shape index (κ1) is 20.1. The third-order valence-electron chi connectivity index (χ3n) is 3.47. The van der Waals surface area contributed by atoms with E-state index in [4.69, 9.17) is 31.5 Å². The molecule has 3 heterocycles. The summed E-state index contributed by atoms with van der Waals surface area (Å²) in [5.74, 6) is 1.40. The molecule has 1 fully saturated rings. The van der Waals surface area contributed by atoms with Gasteiger partial charge in [0.25, 0.3) is 0 Å². The van der Waals surface area contributed by atoms with Crippen molar-refractivity contribution < 1.29 is 14.2 Å². The van der Waals surface area contributed by atoms with Crippen molar-refractivity contribution in [3.05, 3.63) is 35.5 Å². The Bertz CT molecular complexity index is 664. The molecule has 0 radical (unpaired) electrons. The van der Waals surface area contributed by atoms with Gasteiger partial charge in [-0.3, -0.25) is 0 Å². The third kappa shape index (κ3) is 6.24. The molecule has 8 heteroatoms. The molecule has 7 nitrogen and oxygen atoms in total. The van der Waals surface area contributed by atoms with Crippen LogP contribution in [0.2, 0.25) is 5.02 Å². The maximum Gasteiger partial charge on any atom is 0.217 e. The average Bonchev–Trinajstić information content (AvgIpc) is 2.68. The lowest BCUT2D eigenvalue weighted by Crippen LogP contribution is -2.36. The monoisotopic (exact) mass is 380 g/mol. The van der Waals surface area contributed by atoms with E-state index < -0.39 is 0 Å². The molecule has 3 rings (SSSR count). The first-order chi connectivity index (χ1) is 12.7. The Kier molecular flexibility index (Phi) is 8.24. The minimum atomic E-state index is 0.337. The summed E-state index contributed by atoms with van der Waals surface area (Å²) in [6.45, 7) is 7.75. The molecule has 0 atom stereocenters. The molecule has 26 heavy (non-hydrogen) atoms. The van der Waals surface area contributed by atoms with Crippen LogP contribution in [0.5, 0.6) is 11.8 Å². The summed E-state index contributed by atoms with van der Waals surface area (Å²) in [7, 11) is 0. The standard InChI is InChI=1S/C16H19ClN4O3.C2H6/c17-12-1-2-15(19-11-12)23-7-8-24-16-10-13(9-14(18)20-16)21-3-5-22-6-4-21;1-2/h1-2,9-11H,3-8H2,(H2,18,20);1-2H3. The number of hydrogen-bond donors (Lipinski definition) is 1. The zero-order valence-corrected chi connectivity index (χ0v) is 15.9. The van der Waals surface area contributed by atoms with Gasteiger partial charge in [-0.1, -0.05) is 25.4 Å². The fraction of sp³-hybridized carbons (Fsp3) is 0.444. The SMILES string of the molecule is CC.Nc1cc(N2CCOCC2)cc(OCCOc2ccc(Cl)cn2)n1. The third-order valence-corrected chi connectivity index (χ3v) is 3.69. The largest absolute Gasteiger partial charge is 0.474 e. The van der Waals surface area contributed by atoms with Crippen LogP contribution >= 0.6 is 11.6 Å². The molecule has 1 aliphatic rings. The minimum Gasteiger partial charge on any atom is -0.474 e. The number of hydrogen-bond acceptors (Lipinski definition) is 7. The number of morpholine rings is 1. The van der Waals surface area contributed by atoms with Gasteiger partial charge in [0.05, 0.1) is 18.2 Å². The molecule has 0 bridgehead atoms. The maximum atomic E-state index is 5.87. The number of aromatic nitrogens is 2. The second-order valence-electron chi connectivity index (χ2n) is 5.20. The van der Waals surface area contributed by atoms with E-state index in [-0.39, 0.29) is 0 Å². The van der Waals surface area contributed by atoms with Gasteiger partial charge in [-0.2, -0.15) is 4.98 Å². The number of nitrogens with zero attached hydrogens (tertiary/aromatic N) is 3. The van der Waals surface area contributed by atoms with Gasteiger partial charge in [-0.25, -0.2) is 4.98 Å². The van der Waals surface area contributed by atoms with E-state index in [1.54, 1.807) is 12.1 Å². The summed E-state index contributed by atoms with van der Waals surface area (Å²) in [5.41, 5.74) is 6.86. The second-order valence-corrected chi connectivity index (χ2v) is 5.64. The number of ether oxygens (including phenoxy) is 3. The van der Waals surface area contributed by atoms with Crippen molar-refractivity contribution in [2.24, 2.45) is 0 Å². The van der Waals surface area contributed by atoms with Crippen molar-refractivity contribution in [2.45, 2.75) is 13.8 Å². The van der Waals surface area contributed by atoms with E-state index in [0.29, 0.717) is 49.0 Å². The molecule has 1 aliphatic heterocycles. The molecule has 142 valence electrons. The number of anilines is 2. The fourth-order valence-corrected chi connectivity index (χ4v) is 2.44. The Hall–Kier alpha value is -2.25. The highest BCUT2D eigenvalue weighted by Crippen LogP contribution is 2.23. The summed E-state index contributed by atoms with van der Waals surface area (Å²) in [6.07, 6.45) is 1.53. The first-order valence-corrected chi connectivity index (χ1v) is 9.06. The van der Waals surface area contributed by atoms with E-state index in [9.17, 15) is 0 Å². The highest BCUT2D eigenvalue weighted by atomic mass is 35.5. The smallest absolute Gasteiger partial charge is 0.217 e. The van der Waals surface area contributed by atoms with Crippen molar-refractivity contribution >= 4 is 23.1 Å². The number of pyridine rings is 2. The normalized spacial score (nSPS) is 13.6. The van der Waals surface area contributed by atoms with Crippen LogP contribution in [0.4, 0.5) is 11.5 Å². The highest BCUT2D eigenvalue weighted by molar-refractivity contribution is 6.30. The van der Waals surface area contributed by atoms with Gasteiger partial charge in [-0.05, 0) is 6.07 Å². The summed E-state index contributed by atoms with van der Waals surface area (Å²) in [6, 6.07) is 7.14. The summed E-state index contributed by atoms with van der Waals surface area (Å²) >= 11 is 5.77. The molecule has 0 aromatic carbocycles. The Labute approximate surface area is 159 Å². The van der Waals surface area contributed by atoms with Gasteiger partial charge < -0.3 is 24.8 Å². The molecule has 0 aliphatic carbocycles. The number of nitrogen functional groups attached to an aromatic ring is 1. The molecule has 2 aromatic heterocycles. The van der Waals surface area contributed by atoms with Gasteiger partial charge in [-0.15, -0.1) is 0 Å². The van der Waals surface area contributed by atoms with Crippen LogP contribution in [0.3, 0.4) is 0 Å². The zero-order valence-electron chi connectivity index (χ0n) is 15.2. The van der Waals surface area contributed by atoms with Crippen LogP contribution in [0.25, 0.3) is 0 Å². The van der Waals surface area contributed by atoms with Gasteiger partial charge in [0.1, 0.15) is 19.0 Å². The van der Waals surface area contributed by atoms with Crippen LogP contribution in [-0.4, -0.2) is 49.5 Å². The van der Waals surface area contributed by atoms with Crippen LogP contribution in [0, 0.1) is 0 Å². The lowest BCUT2D eigenvalue weighted by atomic mass is 10.3. The number of rotatable bonds is 6. The predicted octanol–water partition coefficient (Wildman–Crippen LogP) is 3.03. The van der Waals surface area contributed by atoms with Crippen LogP contribution < -0.4 is 20.1 Å². The molecule has 0 saturated carbocycles. The number of nitrogens with two attached hydrogens (primary N) is 1. The van der Waals surface area contributed by atoms with E-state index >= 15 is 0 Å². The molecule has 0 amide bonds.